The number of anilines is 1. The first-order valence-corrected chi connectivity index (χ1v) is 6.12. The number of amides is 1. The Labute approximate surface area is 107 Å². The van der Waals surface area contributed by atoms with E-state index in [2.05, 4.69) is 5.32 Å². The van der Waals surface area contributed by atoms with E-state index in [0.29, 0.717) is 15.8 Å². The Bertz CT molecular complexity index is 432. The molecule has 5 heteroatoms. The zero-order chi connectivity index (χ0) is 11.8. The largest absolute Gasteiger partial charge is 0.329 e. The number of benzene rings is 1. The molecule has 0 unspecified atom stereocenters. The highest BCUT2D eigenvalue weighted by molar-refractivity contribution is 14.1. The molecule has 1 aromatic carbocycles. The molecule has 0 saturated heterocycles. The molecular weight excluding hydrogens is 322 g/mol. The average molecular weight is 334 g/mol. The summed E-state index contributed by atoms with van der Waals surface area (Å²) in [4.78, 5) is 11.9. The molecule has 0 radical (unpaired) electrons. The topological polar surface area (TPSA) is 55.1 Å². The van der Waals surface area contributed by atoms with Gasteiger partial charge in [0.1, 0.15) is 5.82 Å². The first kappa shape index (κ1) is 11.8. The van der Waals surface area contributed by atoms with Crippen molar-refractivity contribution in [3.63, 3.8) is 0 Å². The van der Waals surface area contributed by atoms with Gasteiger partial charge in [-0.15, -0.1) is 0 Å². The molecule has 1 saturated carbocycles. The van der Waals surface area contributed by atoms with Crippen LogP contribution in [0.15, 0.2) is 18.2 Å². The minimum absolute atomic E-state index is 0.0560. The van der Waals surface area contributed by atoms with E-state index in [0.717, 1.165) is 12.8 Å². The molecule has 2 rings (SSSR count). The summed E-state index contributed by atoms with van der Waals surface area (Å²) in [6, 6.07) is 4.29. The van der Waals surface area contributed by atoms with Gasteiger partial charge in [0.2, 0.25) is 5.91 Å². The van der Waals surface area contributed by atoms with Crippen LogP contribution in [0.3, 0.4) is 0 Å². The summed E-state index contributed by atoms with van der Waals surface area (Å²) in [5, 5.41) is 2.80. The molecule has 0 spiro atoms. The van der Waals surface area contributed by atoms with Gasteiger partial charge in [-0.1, -0.05) is 0 Å². The molecule has 1 fully saturated rings. The number of nitrogens with one attached hydrogen (secondary N) is 1. The Hall–Kier alpha value is -0.690. The lowest BCUT2D eigenvalue weighted by Gasteiger charge is -2.13. The van der Waals surface area contributed by atoms with Gasteiger partial charge in [-0.05, 0) is 53.6 Å². The van der Waals surface area contributed by atoms with Crippen LogP contribution < -0.4 is 11.1 Å². The zero-order valence-corrected chi connectivity index (χ0v) is 10.8. The molecule has 1 aliphatic carbocycles. The Morgan fingerprint density at radius 2 is 2.25 bits per heavy atom. The molecule has 0 aliphatic heterocycles. The van der Waals surface area contributed by atoms with Crippen LogP contribution >= 0.6 is 22.6 Å². The van der Waals surface area contributed by atoms with Crippen molar-refractivity contribution in [2.24, 2.45) is 11.1 Å². The van der Waals surface area contributed by atoms with Crippen molar-refractivity contribution in [2.45, 2.75) is 12.8 Å². The van der Waals surface area contributed by atoms with Crippen molar-refractivity contribution >= 4 is 34.2 Å². The normalized spacial score (nSPS) is 16.9. The third-order valence-electron chi connectivity index (χ3n) is 2.91. The van der Waals surface area contributed by atoms with Crippen LogP contribution in [-0.2, 0) is 4.79 Å². The standard InChI is InChI=1S/C11H12FIN2O/c12-7-1-2-9(8(13)5-7)15-10(16)11(6-14)3-4-11/h1-2,5H,3-4,6,14H2,(H,15,16). The van der Waals surface area contributed by atoms with E-state index in [9.17, 15) is 9.18 Å². The van der Waals surface area contributed by atoms with Crippen molar-refractivity contribution < 1.29 is 9.18 Å². The van der Waals surface area contributed by atoms with Gasteiger partial charge >= 0.3 is 0 Å². The lowest BCUT2D eigenvalue weighted by molar-refractivity contribution is -0.120. The first-order valence-electron chi connectivity index (χ1n) is 5.04. The third kappa shape index (κ3) is 2.20. The van der Waals surface area contributed by atoms with Gasteiger partial charge in [-0.3, -0.25) is 4.79 Å². The Morgan fingerprint density at radius 3 is 2.75 bits per heavy atom. The average Bonchev–Trinajstić information content (AvgIpc) is 3.03. The molecule has 3 N–H and O–H groups in total. The van der Waals surface area contributed by atoms with E-state index in [1.54, 1.807) is 6.07 Å². The lowest BCUT2D eigenvalue weighted by Crippen LogP contribution is -2.31. The molecule has 0 heterocycles. The smallest absolute Gasteiger partial charge is 0.231 e. The minimum Gasteiger partial charge on any atom is -0.329 e. The zero-order valence-electron chi connectivity index (χ0n) is 8.59. The lowest BCUT2D eigenvalue weighted by atomic mass is 10.1. The molecule has 0 atom stereocenters. The van der Waals surface area contributed by atoms with E-state index in [1.165, 1.54) is 12.1 Å². The van der Waals surface area contributed by atoms with Gasteiger partial charge in [0.05, 0.1) is 11.1 Å². The van der Waals surface area contributed by atoms with Crippen molar-refractivity contribution in [1.82, 2.24) is 0 Å². The summed E-state index contributed by atoms with van der Waals surface area (Å²) in [5.74, 6) is -0.359. The van der Waals surface area contributed by atoms with Crippen LogP contribution in [0.25, 0.3) is 0 Å². The molecule has 1 amide bonds. The Balaban J connectivity index is 2.12. The fraction of sp³-hybridized carbons (Fsp3) is 0.364. The number of carbonyl (C=O) groups excluding carboxylic acids is 1. The predicted molar refractivity (Wildman–Crippen MR) is 68.5 cm³/mol. The van der Waals surface area contributed by atoms with Crippen molar-refractivity contribution in [3.05, 3.63) is 27.6 Å². The van der Waals surface area contributed by atoms with Crippen molar-refractivity contribution in [2.75, 3.05) is 11.9 Å². The second kappa shape index (κ2) is 4.29. The predicted octanol–water partition coefficient (Wildman–Crippen LogP) is 2.11. The molecule has 3 nitrogen and oxygen atoms in total. The van der Waals surface area contributed by atoms with Crippen LogP contribution in [0.5, 0.6) is 0 Å². The highest BCUT2D eigenvalue weighted by Crippen LogP contribution is 2.45. The molecular formula is C11H12FIN2O. The molecule has 0 aromatic heterocycles. The second-order valence-corrected chi connectivity index (χ2v) is 5.22. The van der Waals surface area contributed by atoms with Gasteiger partial charge < -0.3 is 11.1 Å². The minimum atomic E-state index is -0.378. The number of rotatable bonds is 3. The second-order valence-electron chi connectivity index (χ2n) is 4.06. The summed E-state index contributed by atoms with van der Waals surface area (Å²) >= 11 is 1.99. The van der Waals surface area contributed by atoms with E-state index in [-0.39, 0.29) is 17.1 Å². The maximum absolute atomic E-state index is 12.9. The summed E-state index contributed by atoms with van der Waals surface area (Å²) in [7, 11) is 0. The van der Waals surface area contributed by atoms with Crippen LogP contribution in [-0.4, -0.2) is 12.5 Å². The van der Waals surface area contributed by atoms with E-state index >= 15 is 0 Å². The molecule has 16 heavy (non-hydrogen) atoms. The number of nitrogens with two attached hydrogens (primary N) is 1. The maximum Gasteiger partial charge on any atom is 0.231 e. The highest BCUT2D eigenvalue weighted by Gasteiger charge is 2.48. The molecule has 86 valence electrons. The summed E-state index contributed by atoms with van der Waals surface area (Å²) in [6.07, 6.45) is 1.68. The van der Waals surface area contributed by atoms with Crippen LogP contribution in [0.2, 0.25) is 0 Å². The number of carbonyl (C=O) groups is 1. The molecule has 1 aliphatic rings. The quantitative estimate of drug-likeness (QED) is 0.832. The fourth-order valence-corrected chi connectivity index (χ4v) is 2.13. The van der Waals surface area contributed by atoms with E-state index in [1.807, 2.05) is 22.6 Å². The number of halogens is 2. The van der Waals surface area contributed by atoms with Gasteiger partial charge in [0.15, 0.2) is 0 Å². The molecule has 0 bridgehead atoms. The summed E-state index contributed by atoms with van der Waals surface area (Å²) in [6.45, 7) is 0.372. The van der Waals surface area contributed by atoms with Crippen molar-refractivity contribution in [1.29, 1.82) is 0 Å². The third-order valence-corrected chi connectivity index (χ3v) is 3.80. The summed E-state index contributed by atoms with van der Waals surface area (Å²) < 4.78 is 13.6. The van der Waals surface area contributed by atoms with Gasteiger partial charge in [0, 0.05) is 10.1 Å². The van der Waals surface area contributed by atoms with Crippen LogP contribution in [0.4, 0.5) is 10.1 Å². The number of hydrogen-bond acceptors (Lipinski definition) is 2. The van der Waals surface area contributed by atoms with Gasteiger partial charge in [-0.2, -0.15) is 0 Å². The van der Waals surface area contributed by atoms with Gasteiger partial charge in [-0.25, -0.2) is 4.39 Å². The Morgan fingerprint density at radius 1 is 1.56 bits per heavy atom. The van der Waals surface area contributed by atoms with E-state index < -0.39 is 0 Å². The maximum atomic E-state index is 12.9. The van der Waals surface area contributed by atoms with Gasteiger partial charge in [0.25, 0.3) is 0 Å². The first-order chi connectivity index (χ1) is 7.57. The van der Waals surface area contributed by atoms with Crippen LogP contribution in [0, 0.1) is 14.8 Å². The SMILES string of the molecule is NCC1(C(=O)Nc2ccc(F)cc2I)CC1. The van der Waals surface area contributed by atoms with Crippen LogP contribution in [0.1, 0.15) is 12.8 Å². The monoisotopic (exact) mass is 334 g/mol. The number of hydrogen-bond donors (Lipinski definition) is 2. The van der Waals surface area contributed by atoms with Crippen molar-refractivity contribution in [3.8, 4) is 0 Å². The highest BCUT2D eigenvalue weighted by atomic mass is 127. The Kier molecular flexibility index (Phi) is 3.16. The summed E-state index contributed by atoms with van der Waals surface area (Å²) in [5.41, 5.74) is 5.83. The fourth-order valence-electron chi connectivity index (χ4n) is 1.52. The molecule has 1 aromatic rings. The van der Waals surface area contributed by atoms with E-state index in [4.69, 9.17) is 5.73 Å².